The summed E-state index contributed by atoms with van der Waals surface area (Å²) in [6, 6.07) is 9.78. The predicted octanol–water partition coefficient (Wildman–Crippen LogP) is 4.84. The van der Waals surface area contributed by atoms with Gasteiger partial charge in [0.25, 0.3) is 0 Å². The van der Waals surface area contributed by atoms with Gasteiger partial charge in [0.1, 0.15) is 5.60 Å². The standard InChI is InChI=1S/C27H35N3O4/c1-27(2,3)34-26(32)30-14-4-5-21-6-7-22(17-23(21)18-30)25(31)33-19-20-10-15-29(16-11-20)24-8-12-28-13-9-24/h6-9,12-13,17,20H,4-5,10-11,14-16,18-19H2,1-3H3. The maximum absolute atomic E-state index is 12.8. The van der Waals surface area contributed by atoms with Gasteiger partial charge in [0, 0.05) is 44.3 Å². The molecule has 34 heavy (non-hydrogen) atoms. The van der Waals surface area contributed by atoms with Gasteiger partial charge in [-0.15, -0.1) is 0 Å². The van der Waals surface area contributed by atoms with E-state index in [2.05, 4.69) is 9.88 Å². The van der Waals surface area contributed by atoms with E-state index >= 15 is 0 Å². The fourth-order valence-corrected chi connectivity index (χ4v) is 4.56. The summed E-state index contributed by atoms with van der Waals surface area (Å²) in [5.41, 5.74) is 3.36. The number of carbonyl (C=O) groups excluding carboxylic acids is 2. The van der Waals surface area contributed by atoms with Crippen LogP contribution < -0.4 is 4.90 Å². The fourth-order valence-electron chi connectivity index (χ4n) is 4.56. The van der Waals surface area contributed by atoms with E-state index in [-0.39, 0.29) is 12.1 Å². The molecule has 4 rings (SSSR count). The summed E-state index contributed by atoms with van der Waals surface area (Å²) in [7, 11) is 0. The molecular formula is C27H35N3O4. The summed E-state index contributed by atoms with van der Waals surface area (Å²) in [5, 5.41) is 0. The first-order valence-corrected chi connectivity index (χ1v) is 12.2. The Kier molecular flexibility index (Phi) is 7.39. The SMILES string of the molecule is CC(C)(C)OC(=O)N1CCCc2ccc(C(=O)OCC3CCN(c4ccncc4)CC3)cc2C1. The van der Waals surface area contributed by atoms with E-state index in [9.17, 15) is 9.59 Å². The van der Waals surface area contributed by atoms with Crippen molar-refractivity contribution in [1.82, 2.24) is 9.88 Å². The molecule has 7 heteroatoms. The minimum atomic E-state index is -0.535. The van der Waals surface area contributed by atoms with Crippen molar-refractivity contribution in [2.75, 3.05) is 31.1 Å². The van der Waals surface area contributed by atoms with Crippen molar-refractivity contribution in [2.24, 2.45) is 5.92 Å². The highest BCUT2D eigenvalue weighted by Gasteiger charge is 2.26. The van der Waals surface area contributed by atoms with Crippen LogP contribution in [0.4, 0.5) is 10.5 Å². The van der Waals surface area contributed by atoms with Crippen molar-refractivity contribution in [2.45, 2.75) is 58.6 Å². The lowest BCUT2D eigenvalue weighted by molar-refractivity contribution is 0.0236. The van der Waals surface area contributed by atoms with Gasteiger partial charge in [-0.1, -0.05) is 6.07 Å². The minimum absolute atomic E-state index is 0.299. The Hall–Kier alpha value is -3.09. The Labute approximate surface area is 202 Å². The Morgan fingerprint density at radius 3 is 2.47 bits per heavy atom. The highest BCUT2D eigenvalue weighted by molar-refractivity contribution is 5.89. The van der Waals surface area contributed by atoms with Gasteiger partial charge < -0.3 is 19.3 Å². The lowest BCUT2D eigenvalue weighted by Crippen LogP contribution is -2.36. The maximum Gasteiger partial charge on any atom is 0.410 e. The van der Waals surface area contributed by atoms with E-state index in [1.165, 1.54) is 11.3 Å². The number of nitrogens with zero attached hydrogens (tertiary/aromatic N) is 3. The number of ether oxygens (including phenoxy) is 2. The minimum Gasteiger partial charge on any atom is -0.462 e. The Bertz CT molecular complexity index is 995. The molecule has 7 nitrogen and oxygen atoms in total. The molecule has 0 N–H and O–H groups in total. The number of hydrogen-bond acceptors (Lipinski definition) is 6. The van der Waals surface area contributed by atoms with E-state index in [0.29, 0.717) is 31.2 Å². The number of aromatic nitrogens is 1. The molecule has 0 atom stereocenters. The molecule has 1 amide bonds. The molecule has 0 aliphatic carbocycles. The number of rotatable bonds is 4. The largest absolute Gasteiger partial charge is 0.462 e. The normalized spacial score (nSPS) is 17.0. The van der Waals surface area contributed by atoms with Gasteiger partial charge in [-0.3, -0.25) is 4.98 Å². The fraction of sp³-hybridized carbons (Fsp3) is 0.519. The van der Waals surface area contributed by atoms with Crippen molar-refractivity contribution in [1.29, 1.82) is 0 Å². The topological polar surface area (TPSA) is 72.0 Å². The van der Waals surface area contributed by atoms with Gasteiger partial charge in [0.2, 0.25) is 0 Å². The van der Waals surface area contributed by atoms with E-state index in [1.54, 1.807) is 4.90 Å². The van der Waals surface area contributed by atoms with Crippen molar-refractivity contribution in [3.05, 3.63) is 59.4 Å². The number of fused-ring (bicyclic) bond motifs is 1. The van der Waals surface area contributed by atoms with Crippen molar-refractivity contribution < 1.29 is 19.1 Å². The highest BCUT2D eigenvalue weighted by Crippen LogP contribution is 2.25. The Morgan fingerprint density at radius 1 is 1.03 bits per heavy atom. The molecule has 0 saturated carbocycles. The van der Waals surface area contributed by atoms with Gasteiger partial charge in [-0.25, -0.2) is 9.59 Å². The molecule has 0 radical (unpaired) electrons. The summed E-state index contributed by atoms with van der Waals surface area (Å²) in [5.74, 6) is 0.0675. The summed E-state index contributed by atoms with van der Waals surface area (Å²) >= 11 is 0. The summed E-state index contributed by atoms with van der Waals surface area (Å²) in [6.07, 6.45) is 7.04. The molecule has 1 fully saturated rings. The zero-order valence-corrected chi connectivity index (χ0v) is 20.5. The van der Waals surface area contributed by atoms with Gasteiger partial charge in [0.05, 0.1) is 12.2 Å². The lowest BCUT2D eigenvalue weighted by Gasteiger charge is -2.33. The van der Waals surface area contributed by atoms with Crippen LogP contribution in [0.3, 0.4) is 0 Å². The van der Waals surface area contributed by atoms with Crippen molar-refractivity contribution in [3.8, 4) is 0 Å². The molecule has 0 unspecified atom stereocenters. The van der Waals surface area contributed by atoms with E-state index in [0.717, 1.165) is 44.3 Å². The molecule has 1 aromatic carbocycles. The number of aryl methyl sites for hydroxylation is 1. The molecule has 182 valence electrons. The third kappa shape index (κ3) is 6.27. The van der Waals surface area contributed by atoms with E-state index < -0.39 is 5.60 Å². The molecule has 3 heterocycles. The number of carbonyl (C=O) groups is 2. The van der Waals surface area contributed by atoms with E-state index in [1.807, 2.05) is 63.5 Å². The molecular weight excluding hydrogens is 430 g/mol. The van der Waals surface area contributed by atoms with Gasteiger partial charge >= 0.3 is 12.1 Å². The van der Waals surface area contributed by atoms with Crippen molar-refractivity contribution in [3.63, 3.8) is 0 Å². The zero-order chi connectivity index (χ0) is 24.1. The highest BCUT2D eigenvalue weighted by atomic mass is 16.6. The molecule has 2 aromatic rings. The summed E-state index contributed by atoms with van der Waals surface area (Å²) < 4.78 is 11.3. The third-order valence-corrected chi connectivity index (χ3v) is 6.42. The number of hydrogen-bond donors (Lipinski definition) is 0. The van der Waals surface area contributed by atoms with Crippen LogP contribution in [0.2, 0.25) is 0 Å². The number of amides is 1. The van der Waals surface area contributed by atoms with Crippen LogP contribution in [0.5, 0.6) is 0 Å². The average molecular weight is 466 g/mol. The number of piperidine rings is 1. The van der Waals surface area contributed by atoms with Crippen LogP contribution in [0.1, 0.15) is 61.5 Å². The second-order valence-corrected chi connectivity index (χ2v) is 10.2. The predicted molar refractivity (Wildman–Crippen MR) is 131 cm³/mol. The number of benzene rings is 1. The first-order valence-electron chi connectivity index (χ1n) is 12.2. The van der Waals surface area contributed by atoms with Crippen LogP contribution in [0.25, 0.3) is 0 Å². The smallest absolute Gasteiger partial charge is 0.410 e. The van der Waals surface area contributed by atoms with Crippen LogP contribution in [-0.2, 0) is 22.4 Å². The molecule has 2 aliphatic rings. The Morgan fingerprint density at radius 2 is 1.76 bits per heavy atom. The van der Waals surface area contributed by atoms with Gasteiger partial charge in [-0.2, -0.15) is 0 Å². The summed E-state index contributed by atoms with van der Waals surface area (Å²) in [6.45, 7) is 9.02. The molecule has 1 aromatic heterocycles. The van der Waals surface area contributed by atoms with Crippen LogP contribution in [0, 0.1) is 5.92 Å². The van der Waals surface area contributed by atoms with Crippen LogP contribution in [-0.4, -0.2) is 53.8 Å². The van der Waals surface area contributed by atoms with Gasteiger partial charge in [0.15, 0.2) is 0 Å². The monoisotopic (exact) mass is 465 g/mol. The second kappa shape index (κ2) is 10.5. The number of esters is 1. The molecule has 0 spiro atoms. The first kappa shape index (κ1) is 24.0. The van der Waals surface area contributed by atoms with E-state index in [4.69, 9.17) is 9.47 Å². The second-order valence-electron chi connectivity index (χ2n) is 10.2. The summed E-state index contributed by atoms with van der Waals surface area (Å²) in [4.78, 5) is 33.6. The average Bonchev–Trinajstić information content (AvgIpc) is 3.04. The van der Waals surface area contributed by atoms with Crippen LogP contribution in [0.15, 0.2) is 42.7 Å². The maximum atomic E-state index is 12.8. The molecule has 0 bridgehead atoms. The lowest BCUT2D eigenvalue weighted by atomic mass is 9.97. The van der Waals surface area contributed by atoms with Gasteiger partial charge in [-0.05, 0) is 87.8 Å². The molecule has 2 aliphatic heterocycles. The number of pyridine rings is 1. The zero-order valence-electron chi connectivity index (χ0n) is 20.5. The number of anilines is 1. The quantitative estimate of drug-likeness (QED) is 0.602. The van der Waals surface area contributed by atoms with Crippen molar-refractivity contribution >= 4 is 17.7 Å². The van der Waals surface area contributed by atoms with Crippen LogP contribution >= 0.6 is 0 Å². The Balaban J connectivity index is 1.32. The first-order chi connectivity index (χ1) is 16.3. The third-order valence-electron chi connectivity index (χ3n) is 6.42. The molecule has 1 saturated heterocycles.